The first kappa shape index (κ1) is 15.5. The maximum Gasteiger partial charge on any atom is 0.174 e. The minimum Gasteiger partial charge on any atom is -0.409 e. The van der Waals surface area contributed by atoms with Crippen molar-refractivity contribution in [3.05, 3.63) is 16.8 Å². The summed E-state index contributed by atoms with van der Waals surface area (Å²) in [4.78, 5) is 2.09. The lowest BCUT2D eigenvalue weighted by molar-refractivity contribution is 0.0528. The Hall–Kier alpha value is -1.89. The SMILES string of the molecule is CCc1nnc(N2CCOC(C)C2)c(C(N)=NO)c1CC. The summed E-state index contributed by atoms with van der Waals surface area (Å²) in [5.41, 5.74) is 8.50. The quantitative estimate of drug-likeness (QED) is 0.371. The molecule has 116 valence electrons. The summed E-state index contributed by atoms with van der Waals surface area (Å²) in [6.45, 7) is 8.15. The number of anilines is 1. The van der Waals surface area contributed by atoms with Crippen molar-refractivity contribution in [3.8, 4) is 0 Å². The number of nitrogens with zero attached hydrogens (tertiary/aromatic N) is 4. The molecule has 0 bridgehead atoms. The molecular weight excluding hydrogens is 270 g/mol. The highest BCUT2D eigenvalue weighted by Gasteiger charge is 2.25. The first-order valence-electron chi connectivity index (χ1n) is 7.35. The van der Waals surface area contributed by atoms with Gasteiger partial charge in [0.1, 0.15) is 0 Å². The largest absolute Gasteiger partial charge is 0.409 e. The molecule has 1 aromatic heterocycles. The van der Waals surface area contributed by atoms with E-state index < -0.39 is 0 Å². The third-order valence-corrected chi connectivity index (χ3v) is 3.73. The van der Waals surface area contributed by atoms with E-state index >= 15 is 0 Å². The second-order valence-electron chi connectivity index (χ2n) is 5.14. The highest BCUT2D eigenvalue weighted by Crippen LogP contribution is 2.25. The van der Waals surface area contributed by atoms with Gasteiger partial charge in [0.15, 0.2) is 11.7 Å². The van der Waals surface area contributed by atoms with Crippen molar-refractivity contribution in [3.63, 3.8) is 0 Å². The molecule has 1 aliphatic heterocycles. The normalized spacial score (nSPS) is 19.9. The van der Waals surface area contributed by atoms with Crippen molar-refractivity contribution in [1.82, 2.24) is 10.2 Å². The number of hydrogen-bond acceptors (Lipinski definition) is 6. The second-order valence-corrected chi connectivity index (χ2v) is 5.14. The summed E-state index contributed by atoms with van der Waals surface area (Å²) in [5, 5.41) is 21.0. The van der Waals surface area contributed by atoms with Crippen LogP contribution in [0.3, 0.4) is 0 Å². The van der Waals surface area contributed by atoms with Gasteiger partial charge in [-0.05, 0) is 25.3 Å². The Bertz CT molecular complexity index is 532. The van der Waals surface area contributed by atoms with Crippen molar-refractivity contribution < 1.29 is 9.94 Å². The van der Waals surface area contributed by atoms with E-state index in [2.05, 4.69) is 20.3 Å². The molecule has 0 aromatic carbocycles. The molecule has 1 aromatic rings. The van der Waals surface area contributed by atoms with E-state index in [1.54, 1.807) is 0 Å². The fraction of sp³-hybridized carbons (Fsp3) is 0.643. The van der Waals surface area contributed by atoms with Gasteiger partial charge in [-0.25, -0.2) is 0 Å². The molecule has 1 atom stereocenters. The van der Waals surface area contributed by atoms with Crippen LogP contribution in [0.1, 0.15) is 37.6 Å². The third kappa shape index (κ3) is 3.07. The van der Waals surface area contributed by atoms with Crippen LogP contribution >= 0.6 is 0 Å². The van der Waals surface area contributed by atoms with E-state index in [0.717, 1.165) is 37.2 Å². The summed E-state index contributed by atoms with van der Waals surface area (Å²) in [5.74, 6) is 0.764. The number of amidine groups is 1. The van der Waals surface area contributed by atoms with Gasteiger partial charge in [0, 0.05) is 13.1 Å². The Morgan fingerprint density at radius 3 is 2.76 bits per heavy atom. The predicted molar refractivity (Wildman–Crippen MR) is 80.9 cm³/mol. The van der Waals surface area contributed by atoms with E-state index in [0.29, 0.717) is 18.0 Å². The van der Waals surface area contributed by atoms with Gasteiger partial charge in [-0.15, -0.1) is 5.10 Å². The molecular formula is C14H23N5O2. The number of aromatic nitrogens is 2. The topological polar surface area (TPSA) is 96.9 Å². The van der Waals surface area contributed by atoms with Gasteiger partial charge in [0.05, 0.1) is 24.0 Å². The van der Waals surface area contributed by atoms with E-state index in [1.165, 1.54) is 0 Å². The lowest BCUT2D eigenvalue weighted by Crippen LogP contribution is -2.43. The van der Waals surface area contributed by atoms with Crippen LogP contribution in [-0.2, 0) is 17.6 Å². The third-order valence-electron chi connectivity index (χ3n) is 3.73. The zero-order valence-electron chi connectivity index (χ0n) is 12.8. The molecule has 7 nitrogen and oxygen atoms in total. The van der Waals surface area contributed by atoms with Crippen LogP contribution in [-0.4, -0.2) is 47.0 Å². The van der Waals surface area contributed by atoms with Gasteiger partial charge in [0.2, 0.25) is 0 Å². The Labute approximate surface area is 124 Å². The van der Waals surface area contributed by atoms with E-state index in [4.69, 9.17) is 15.7 Å². The zero-order valence-corrected chi connectivity index (χ0v) is 12.8. The van der Waals surface area contributed by atoms with Crippen molar-refractivity contribution in [2.75, 3.05) is 24.6 Å². The van der Waals surface area contributed by atoms with Crippen LogP contribution in [0.25, 0.3) is 0 Å². The number of oxime groups is 1. The number of rotatable bonds is 4. The summed E-state index contributed by atoms with van der Waals surface area (Å²) in [6.07, 6.45) is 1.65. The summed E-state index contributed by atoms with van der Waals surface area (Å²) >= 11 is 0. The summed E-state index contributed by atoms with van der Waals surface area (Å²) in [6, 6.07) is 0. The lowest BCUT2D eigenvalue weighted by Gasteiger charge is -2.33. The minimum atomic E-state index is 0.0885. The molecule has 0 spiro atoms. The number of nitrogens with two attached hydrogens (primary N) is 1. The zero-order chi connectivity index (χ0) is 15.4. The fourth-order valence-electron chi connectivity index (χ4n) is 2.71. The molecule has 21 heavy (non-hydrogen) atoms. The van der Waals surface area contributed by atoms with E-state index in [-0.39, 0.29) is 11.9 Å². The van der Waals surface area contributed by atoms with Crippen molar-refractivity contribution >= 4 is 11.7 Å². The highest BCUT2D eigenvalue weighted by atomic mass is 16.5. The van der Waals surface area contributed by atoms with Crippen LogP contribution in [0.4, 0.5) is 5.82 Å². The second kappa shape index (κ2) is 6.71. The molecule has 7 heteroatoms. The lowest BCUT2D eigenvalue weighted by atomic mass is 10.0. The maximum absolute atomic E-state index is 9.12. The molecule has 1 fully saturated rings. The van der Waals surface area contributed by atoms with Gasteiger partial charge in [-0.2, -0.15) is 5.10 Å². The monoisotopic (exact) mass is 293 g/mol. The first-order valence-corrected chi connectivity index (χ1v) is 7.35. The van der Waals surface area contributed by atoms with Crippen LogP contribution in [0.5, 0.6) is 0 Å². The van der Waals surface area contributed by atoms with Gasteiger partial charge in [-0.1, -0.05) is 19.0 Å². The van der Waals surface area contributed by atoms with Crippen LogP contribution in [0.15, 0.2) is 5.16 Å². The summed E-state index contributed by atoms with van der Waals surface area (Å²) < 4.78 is 5.56. The standard InChI is InChI=1S/C14H23N5O2/c1-4-10-11(5-2)16-17-14(12(10)13(15)18-20)19-6-7-21-9(3)8-19/h9,20H,4-8H2,1-3H3,(H2,15,18). The molecule has 2 rings (SSSR count). The molecule has 2 heterocycles. The Kier molecular flexibility index (Phi) is 4.95. The smallest absolute Gasteiger partial charge is 0.174 e. The van der Waals surface area contributed by atoms with Gasteiger partial charge in [-0.3, -0.25) is 0 Å². The molecule has 0 radical (unpaired) electrons. The van der Waals surface area contributed by atoms with Gasteiger partial charge in [0.25, 0.3) is 0 Å². The Morgan fingerprint density at radius 2 is 2.19 bits per heavy atom. The summed E-state index contributed by atoms with van der Waals surface area (Å²) in [7, 11) is 0. The number of hydrogen-bond donors (Lipinski definition) is 2. The average Bonchev–Trinajstić information content (AvgIpc) is 2.52. The molecule has 0 saturated carbocycles. The molecule has 1 unspecified atom stereocenters. The number of morpholine rings is 1. The van der Waals surface area contributed by atoms with Crippen molar-refractivity contribution in [2.24, 2.45) is 10.9 Å². The molecule has 3 N–H and O–H groups in total. The van der Waals surface area contributed by atoms with E-state index in [1.807, 2.05) is 20.8 Å². The van der Waals surface area contributed by atoms with Crippen LogP contribution in [0, 0.1) is 0 Å². The predicted octanol–water partition coefficient (Wildman–Crippen LogP) is 0.921. The average molecular weight is 293 g/mol. The molecule has 1 aliphatic rings. The van der Waals surface area contributed by atoms with E-state index in [9.17, 15) is 0 Å². The minimum absolute atomic E-state index is 0.0885. The number of ether oxygens (including phenoxy) is 1. The van der Waals surface area contributed by atoms with Gasteiger partial charge < -0.3 is 20.6 Å². The fourth-order valence-corrected chi connectivity index (χ4v) is 2.71. The Morgan fingerprint density at radius 1 is 1.43 bits per heavy atom. The number of aryl methyl sites for hydroxylation is 1. The van der Waals surface area contributed by atoms with Crippen molar-refractivity contribution in [2.45, 2.75) is 39.7 Å². The molecule has 0 amide bonds. The maximum atomic E-state index is 9.12. The van der Waals surface area contributed by atoms with Crippen LogP contribution < -0.4 is 10.6 Å². The highest BCUT2D eigenvalue weighted by molar-refractivity contribution is 6.03. The Balaban J connectivity index is 2.54. The van der Waals surface area contributed by atoms with Crippen LogP contribution in [0.2, 0.25) is 0 Å². The van der Waals surface area contributed by atoms with Gasteiger partial charge >= 0.3 is 0 Å². The molecule has 1 saturated heterocycles. The first-order chi connectivity index (χ1) is 10.1. The molecule has 0 aliphatic carbocycles. The van der Waals surface area contributed by atoms with Crippen molar-refractivity contribution in [1.29, 1.82) is 0 Å².